The second-order valence-electron chi connectivity index (χ2n) is 6.81. The molecule has 0 fully saturated rings. The number of hydrogen-bond acceptors (Lipinski definition) is 3. The number of hydrogen-bond donors (Lipinski definition) is 1. The molecule has 0 saturated heterocycles. The molecule has 0 aliphatic rings. The van der Waals surface area contributed by atoms with Crippen LogP contribution < -0.4 is 9.62 Å². The van der Waals surface area contributed by atoms with Crippen LogP contribution in [0.1, 0.15) is 38.7 Å². The monoisotopic (exact) mass is 442 g/mol. The number of rotatable bonds is 7. The van der Waals surface area contributed by atoms with Crippen molar-refractivity contribution in [1.82, 2.24) is 0 Å². The van der Waals surface area contributed by atoms with Gasteiger partial charge in [-0.15, -0.1) is 0 Å². The summed E-state index contributed by atoms with van der Waals surface area (Å²) in [6.07, 6.45) is 1.34. The second kappa shape index (κ2) is 9.16. The fourth-order valence-corrected chi connectivity index (χ4v) is 4.51. The summed E-state index contributed by atoms with van der Waals surface area (Å²) < 4.78 is 26.1. The number of carbonyl (C=O) groups is 1. The fourth-order valence-electron chi connectivity index (χ4n) is 3.01. The second-order valence-corrected chi connectivity index (χ2v) is 9.49. The van der Waals surface area contributed by atoms with Crippen LogP contribution in [0.4, 0.5) is 11.4 Å². The number of anilines is 2. The summed E-state index contributed by atoms with van der Waals surface area (Å²) in [7, 11) is -3.75. The number of carbonyl (C=O) groups excluding carboxylic acids is 1. The van der Waals surface area contributed by atoms with Crippen molar-refractivity contribution < 1.29 is 13.2 Å². The number of nitrogens with one attached hydrogen (secondary N) is 1. The van der Waals surface area contributed by atoms with E-state index in [0.717, 1.165) is 16.1 Å². The van der Waals surface area contributed by atoms with Crippen molar-refractivity contribution in [2.75, 3.05) is 15.9 Å². The van der Waals surface area contributed by atoms with Gasteiger partial charge in [-0.05, 0) is 42.2 Å². The first-order valence-corrected chi connectivity index (χ1v) is 11.5. The third kappa shape index (κ3) is 5.19. The van der Waals surface area contributed by atoms with Gasteiger partial charge in [-0.2, -0.15) is 0 Å². The maximum atomic E-state index is 13.1. The van der Waals surface area contributed by atoms with Crippen LogP contribution in [0, 0.1) is 0 Å². The summed E-state index contributed by atoms with van der Waals surface area (Å²) in [5.41, 5.74) is 1.94. The van der Waals surface area contributed by atoms with Gasteiger partial charge >= 0.3 is 0 Å². The van der Waals surface area contributed by atoms with E-state index in [9.17, 15) is 13.2 Å². The van der Waals surface area contributed by atoms with E-state index in [4.69, 9.17) is 23.2 Å². The minimum absolute atomic E-state index is 0.206. The molecule has 2 aromatic carbocycles. The minimum Gasteiger partial charge on any atom is -0.324 e. The SMILES string of the molecule is CC[C@@H](C(=O)Nc1ccccc1C(C)C)N(c1ccc(Cl)c(Cl)c1)S(C)(=O)=O. The van der Waals surface area contributed by atoms with Gasteiger partial charge in [-0.3, -0.25) is 9.10 Å². The average molecular weight is 443 g/mol. The predicted octanol–water partition coefficient (Wildman–Crippen LogP) is 5.30. The fraction of sp³-hybridized carbons (Fsp3) is 0.350. The lowest BCUT2D eigenvalue weighted by Crippen LogP contribution is -2.47. The number of benzene rings is 2. The Labute approximate surface area is 176 Å². The largest absolute Gasteiger partial charge is 0.324 e. The van der Waals surface area contributed by atoms with Crippen LogP contribution >= 0.6 is 23.2 Å². The van der Waals surface area contributed by atoms with Crippen LogP contribution in [0.2, 0.25) is 10.0 Å². The van der Waals surface area contributed by atoms with E-state index in [1.54, 1.807) is 6.92 Å². The first-order valence-electron chi connectivity index (χ1n) is 8.90. The summed E-state index contributed by atoms with van der Waals surface area (Å²) in [6, 6.07) is 11.0. The van der Waals surface area contributed by atoms with Gasteiger partial charge in [0.2, 0.25) is 15.9 Å². The summed E-state index contributed by atoms with van der Waals surface area (Å²) in [4.78, 5) is 13.1. The molecular formula is C20H24Cl2N2O3S. The molecule has 0 bridgehead atoms. The van der Waals surface area contributed by atoms with Crippen LogP contribution in [-0.2, 0) is 14.8 Å². The van der Waals surface area contributed by atoms with Gasteiger partial charge in [0.05, 0.1) is 22.0 Å². The molecule has 2 aromatic rings. The molecule has 5 nitrogen and oxygen atoms in total. The van der Waals surface area contributed by atoms with E-state index in [1.165, 1.54) is 18.2 Å². The van der Waals surface area contributed by atoms with Crippen molar-refractivity contribution in [2.45, 2.75) is 39.2 Å². The highest BCUT2D eigenvalue weighted by molar-refractivity contribution is 7.92. The standard InChI is InChI=1S/C20H24Cl2N2O3S/c1-5-19(20(25)23-18-9-7-6-8-15(18)13(2)3)24(28(4,26)27)14-10-11-16(21)17(22)12-14/h6-13,19H,5H2,1-4H3,(H,23,25)/t19-/m0/s1. The zero-order valence-corrected chi connectivity index (χ0v) is 18.6. The summed E-state index contributed by atoms with van der Waals surface area (Å²) >= 11 is 12.0. The van der Waals surface area contributed by atoms with Gasteiger partial charge in [0.15, 0.2) is 0 Å². The van der Waals surface area contributed by atoms with Gasteiger partial charge in [-0.25, -0.2) is 8.42 Å². The maximum Gasteiger partial charge on any atom is 0.248 e. The number of amides is 1. The zero-order chi connectivity index (χ0) is 21.1. The van der Waals surface area contributed by atoms with Crippen LogP contribution in [0.3, 0.4) is 0 Å². The third-order valence-corrected chi connectivity index (χ3v) is 6.25. The lowest BCUT2D eigenvalue weighted by Gasteiger charge is -2.30. The van der Waals surface area contributed by atoms with Gasteiger partial charge < -0.3 is 5.32 Å². The number of halogens is 2. The number of nitrogens with zero attached hydrogens (tertiary/aromatic N) is 1. The third-order valence-electron chi connectivity index (χ3n) is 4.33. The Hall–Kier alpha value is -1.76. The molecular weight excluding hydrogens is 419 g/mol. The van der Waals surface area contributed by atoms with E-state index in [-0.39, 0.29) is 23.0 Å². The van der Waals surface area contributed by atoms with E-state index >= 15 is 0 Å². The van der Waals surface area contributed by atoms with Crippen LogP contribution in [0.15, 0.2) is 42.5 Å². The lowest BCUT2D eigenvalue weighted by atomic mass is 10.0. The molecule has 28 heavy (non-hydrogen) atoms. The average Bonchev–Trinajstić information content (AvgIpc) is 2.61. The Morgan fingerprint density at radius 3 is 2.29 bits per heavy atom. The molecule has 0 aromatic heterocycles. The molecule has 0 aliphatic carbocycles. The molecule has 0 unspecified atom stereocenters. The van der Waals surface area contributed by atoms with E-state index < -0.39 is 22.0 Å². The van der Waals surface area contributed by atoms with Crippen LogP contribution in [0.25, 0.3) is 0 Å². The molecule has 1 N–H and O–H groups in total. The Morgan fingerprint density at radius 1 is 1.11 bits per heavy atom. The molecule has 1 atom stereocenters. The number of sulfonamides is 1. The molecule has 0 saturated carbocycles. The smallest absolute Gasteiger partial charge is 0.248 e. The zero-order valence-electron chi connectivity index (χ0n) is 16.2. The van der Waals surface area contributed by atoms with Crippen LogP contribution in [0.5, 0.6) is 0 Å². The van der Waals surface area contributed by atoms with Crippen molar-refractivity contribution in [2.24, 2.45) is 0 Å². The molecule has 0 aliphatic heterocycles. The Balaban J connectivity index is 2.44. The van der Waals surface area contributed by atoms with E-state index in [2.05, 4.69) is 5.32 Å². The van der Waals surface area contributed by atoms with Gasteiger partial charge in [0, 0.05) is 5.69 Å². The quantitative estimate of drug-likeness (QED) is 0.632. The summed E-state index contributed by atoms with van der Waals surface area (Å²) in [6.45, 7) is 5.82. The highest BCUT2D eigenvalue weighted by Crippen LogP contribution is 2.31. The molecule has 0 radical (unpaired) electrons. The molecule has 1 amide bonds. The van der Waals surface area contributed by atoms with Gasteiger partial charge in [0.25, 0.3) is 0 Å². The van der Waals surface area contributed by atoms with Crippen molar-refractivity contribution in [3.05, 3.63) is 58.1 Å². The van der Waals surface area contributed by atoms with Crippen LogP contribution in [-0.4, -0.2) is 26.6 Å². The topological polar surface area (TPSA) is 66.5 Å². The molecule has 8 heteroatoms. The van der Waals surface area contributed by atoms with E-state index in [1.807, 2.05) is 38.1 Å². The van der Waals surface area contributed by atoms with E-state index in [0.29, 0.717) is 10.7 Å². The molecule has 0 spiro atoms. The van der Waals surface area contributed by atoms with Crippen molar-refractivity contribution >= 4 is 50.5 Å². The highest BCUT2D eigenvalue weighted by Gasteiger charge is 2.32. The van der Waals surface area contributed by atoms with Crippen molar-refractivity contribution in [3.8, 4) is 0 Å². The molecule has 152 valence electrons. The highest BCUT2D eigenvalue weighted by atomic mass is 35.5. The maximum absolute atomic E-state index is 13.1. The Bertz CT molecular complexity index is 962. The van der Waals surface area contributed by atoms with Gasteiger partial charge in [-0.1, -0.05) is 62.2 Å². The first-order chi connectivity index (χ1) is 13.1. The first kappa shape index (κ1) is 22.5. The Morgan fingerprint density at radius 2 is 1.75 bits per heavy atom. The predicted molar refractivity (Wildman–Crippen MR) is 117 cm³/mol. The minimum atomic E-state index is -3.75. The summed E-state index contributed by atoms with van der Waals surface area (Å²) in [5, 5.41) is 3.41. The molecule has 2 rings (SSSR count). The van der Waals surface area contributed by atoms with Crippen molar-refractivity contribution in [1.29, 1.82) is 0 Å². The Kier molecular flexibility index (Phi) is 7.37. The normalized spacial score (nSPS) is 12.7. The van der Waals surface area contributed by atoms with Crippen molar-refractivity contribution in [3.63, 3.8) is 0 Å². The lowest BCUT2D eigenvalue weighted by molar-refractivity contribution is -0.117. The number of para-hydroxylation sites is 1. The van der Waals surface area contributed by atoms with Gasteiger partial charge in [0.1, 0.15) is 6.04 Å². The molecule has 0 heterocycles. The summed E-state index contributed by atoms with van der Waals surface area (Å²) in [5.74, 6) is -0.204.